The summed E-state index contributed by atoms with van der Waals surface area (Å²) in [7, 11) is 0. The van der Waals surface area contributed by atoms with Crippen molar-refractivity contribution < 1.29 is 0 Å². The molecule has 3 rings (SSSR count). The Morgan fingerprint density at radius 3 is 2.43 bits per heavy atom. The Morgan fingerprint density at radius 1 is 1.05 bits per heavy atom. The minimum Gasteiger partial charge on any atom is -0.325 e. The summed E-state index contributed by atoms with van der Waals surface area (Å²) < 4.78 is 2.36. The van der Waals surface area contributed by atoms with Crippen LogP contribution in [-0.4, -0.2) is 9.55 Å². The van der Waals surface area contributed by atoms with Gasteiger partial charge < -0.3 is 4.57 Å². The van der Waals surface area contributed by atoms with Crippen LogP contribution in [0, 0.1) is 6.92 Å². The summed E-state index contributed by atoms with van der Waals surface area (Å²) in [6.07, 6.45) is 1.91. The lowest BCUT2D eigenvalue weighted by atomic mass is 9.91. The fourth-order valence-corrected chi connectivity index (χ4v) is 2.82. The van der Waals surface area contributed by atoms with Crippen LogP contribution in [0.1, 0.15) is 37.6 Å². The van der Waals surface area contributed by atoms with E-state index in [4.69, 9.17) is 0 Å². The van der Waals surface area contributed by atoms with Gasteiger partial charge in [-0.05, 0) is 30.2 Å². The summed E-state index contributed by atoms with van der Waals surface area (Å²) in [5, 5.41) is 1.26. The zero-order valence-corrected chi connectivity index (χ0v) is 13.2. The molecule has 0 amide bonds. The first-order valence-corrected chi connectivity index (χ1v) is 7.46. The molecule has 21 heavy (non-hydrogen) atoms. The van der Waals surface area contributed by atoms with Crippen molar-refractivity contribution in [2.45, 2.75) is 39.7 Å². The average Bonchev–Trinajstić information content (AvgIpc) is 2.80. The molecule has 0 aliphatic rings. The number of fused-ring (bicyclic) bond motifs is 1. The van der Waals surface area contributed by atoms with Crippen molar-refractivity contribution in [3.8, 4) is 0 Å². The molecule has 1 aromatic carbocycles. The highest BCUT2D eigenvalue weighted by molar-refractivity contribution is 5.81. The van der Waals surface area contributed by atoms with Crippen molar-refractivity contribution in [1.29, 1.82) is 0 Å². The fourth-order valence-electron chi connectivity index (χ4n) is 2.82. The third-order valence-electron chi connectivity index (χ3n) is 3.97. The van der Waals surface area contributed by atoms with Gasteiger partial charge in [-0.2, -0.15) is 0 Å². The molecule has 0 saturated carbocycles. The molecule has 0 bridgehead atoms. The van der Waals surface area contributed by atoms with E-state index >= 15 is 0 Å². The summed E-state index contributed by atoms with van der Waals surface area (Å²) >= 11 is 0. The molecule has 3 aromatic rings. The van der Waals surface area contributed by atoms with Crippen molar-refractivity contribution in [2.75, 3.05) is 0 Å². The lowest BCUT2D eigenvalue weighted by molar-refractivity contribution is 0.535. The molecule has 0 atom stereocenters. The predicted molar refractivity (Wildman–Crippen MR) is 88.7 cm³/mol. The summed E-state index contributed by atoms with van der Waals surface area (Å²) in [6.45, 7) is 9.81. The van der Waals surface area contributed by atoms with E-state index in [2.05, 4.69) is 79.7 Å². The predicted octanol–water partition coefficient (Wildman–Crippen LogP) is 4.69. The van der Waals surface area contributed by atoms with Crippen molar-refractivity contribution in [3.05, 3.63) is 65.5 Å². The van der Waals surface area contributed by atoms with Crippen LogP contribution in [0.25, 0.3) is 11.0 Å². The monoisotopic (exact) mass is 278 g/mol. The second kappa shape index (κ2) is 5.03. The molecule has 2 heteroatoms. The van der Waals surface area contributed by atoms with E-state index in [0.29, 0.717) is 0 Å². The van der Waals surface area contributed by atoms with E-state index in [1.807, 2.05) is 6.20 Å². The Bertz CT molecular complexity index is 761. The van der Waals surface area contributed by atoms with E-state index in [9.17, 15) is 0 Å². The van der Waals surface area contributed by atoms with Gasteiger partial charge in [0.2, 0.25) is 0 Å². The van der Waals surface area contributed by atoms with Crippen LogP contribution in [0.15, 0.2) is 48.7 Å². The summed E-state index contributed by atoms with van der Waals surface area (Å²) in [5.74, 6) is 0. The Morgan fingerprint density at radius 2 is 1.76 bits per heavy atom. The SMILES string of the molecule is Cc1ccnc2c1cc(C(C)(C)C)n2Cc1ccccc1. The maximum absolute atomic E-state index is 4.64. The van der Waals surface area contributed by atoms with Crippen LogP contribution in [-0.2, 0) is 12.0 Å². The van der Waals surface area contributed by atoms with Gasteiger partial charge in [-0.25, -0.2) is 4.98 Å². The maximum Gasteiger partial charge on any atom is 0.140 e. The van der Waals surface area contributed by atoms with Gasteiger partial charge >= 0.3 is 0 Å². The van der Waals surface area contributed by atoms with E-state index in [0.717, 1.165) is 12.2 Å². The summed E-state index contributed by atoms with van der Waals surface area (Å²) in [4.78, 5) is 4.64. The van der Waals surface area contributed by atoms with Gasteiger partial charge in [0.05, 0.1) is 0 Å². The maximum atomic E-state index is 4.64. The molecule has 0 aliphatic heterocycles. The number of aryl methyl sites for hydroxylation is 1. The first-order chi connectivity index (χ1) is 9.97. The summed E-state index contributed by atoms with van der Waals surface area (Å²) in [6, 6.07) is 15.0. The molecule has 0 fully saturated rings. The first-order valence-electron chi connectivity index (χ1n) is 7.46. The quantitative estimate of drug-likeness (QED) is 0.665. The second-order valence-corrected chi connectivity index (χ2v) is 6.72. The second-order valence-electron chi connectivity index (χ2n) is 6.72. The minimum atomic E-state index is 0.0991. The van der Waals surface area contributed by atoms with Crippen LogP contribution in [0.3, 0.4) is 0 Å². The molecule has 0 saturated heterocycles. The Balaban J connectivity index is 2.21. The molecule has 0 radical (unpaired) electrons. The zero-order chi connectivity index (χ0) is 15.0. The van der Waals surface area contributed by atoms with Crippen LogP contribution < -0.4 is 0 Å². The van der Waals surface area contributed by atoms with Gasteiger partial charge in [-0.15, -0.1) is 0 Å². The molecule has 0 spiro atoms. The molecular formula is C19H22N2. The Kier molecular flexibility index (Phi) is 3.32. The Hall–Kier alpha value is -2.09. The number of rotatable bonds is 2. The van der Waals surface area contributed by atoms with Crippen LogP contribution in [0.5, 0.6) is 0 Å². The number of pyridine rings is 1. The average molecular weight is 278 g/mol. The molecule has 2 aromatic heterocycles. The lowest BCUT2D eigenvalue weighted by Crippen LogP contribution is -2.18. The van der Waals surface area contributed by atoms with E-state index < -0.39 is 0 Å². The third-order valence-corrected chi connectivity index (χ3v) is 3.97. The normalized spacial score (nSPS) is 12.0. The van der Waals surface area contributed by atoms with Gasteiger partial charge in [-0.3, -0.25) is 0 Å². The van der Waals surface area contributed by atoms with Crippen LogP contribution in [0.2, 0.25) is 0 Å². The van der Waals surface area contributed by atoms with Crippen molar-refractivity contribution in [1.82, 2.24) is 9.55 Å². The van der Waals surface area contributed by atoms with Gasteiger partial charge in [-0.1, -0.05) is 51.1 Å². The zero-order valence-electron chi connectivity index (χ0n) is 13.2. The molecule has 0 N–H and O–H groups in total. The van der Waals surface area contributed by atoms with Crippen LogP contribution >= 0.6 is 0 Å². The number of aromatic nitrogens is 2. The Labute approximate surface area is 126 Å². The first kappa shape index (κ1) is 13.9. The molecule has 0 unspecified atom stereocenters. The number of hydrogen-bond acceptors (Lipinski definition) is 1. The molecule has 108 valence electrons. The topological polar surface area (TPSA) is 17.8 Å². The highest BCUT2D eigenvalue weighted by Gasteiger charge is 2.22. The molecule has 2 nitrogen and oxygen atoms in total. The van der Waals surface area contributed by atoms with Crippen molar-refractivity contribution >= 4 is 11.0 Å². The highest BCUT2D eigenvalue weighted by Crippen LogP contribution is 2.30. The summed E-state index contributed by atoms with van der Waals surface area (Å²) in [5.41, 5.74) is 5.12. The lowest BCUT2D eigenvalue weighted by Gasteiger charge is -2.22. The standard InChI is InChI=1S/C19H22N2/c1-14-10-11-20-18-16(14)12-17(19(2,3)4)21(18)13-15-8-6-5-7-9-15/h5-12H,13H2,1-4H3. The fraction of sp³-hybridized carbons (Fsp3) is 0.316. The largest absolute Gasteiger partial charge is 0.325 e. The highest BCUT2D eigenvalue weighted by atomic mass is 15.0. The number of nitrogens with zero attached hydrogens (tertiary/aromatic N) is 2. The van der Waals surface area contributed by atoms with E-state index in [1.165, 1.54) is 22.2 Å². The molecular weight excluding hydrogens is 256 g/mol. The van der Waals surface area contributed by atoms with Gasteiger partial charge in [0.15, 0.2) is 0 Å². The van der Waals surface area contributed by atoms with Crippen LogP contribution in [0.4, 0.5) is 0 Å². The smallest absolute Gasteiger partial charge is 0.140 e. The van der Waals surface area contributed by atoms with Gasteiger partial charge in [0.25, 0.3) is 0 Å². The van der Waals surface area contributed by atoms with Gasteiger partial charge in [0, 0.05) is 29.2 Å². The van der Waals surface area contributed by atoms with Crippen molar-refractivity contribution in [3.63, 3.8) is 0 Å². The van der Waals surface area contributed by atoms with E-state index in [1.54, 1.807) is 0 Å². The van der Waals surface area contributed by atoms with E-state index in [-0.39, 0.29) is 5.41 Å². The van der Waals surface area contributed by atoms with Crippen molar-refractivity contribution in [2.24, 2.45) is 0 Å². The number of hydrogen-bond donors (Lipinski definition) is 0. The number of benzene rings is 1. The third kappa shape index (κ3) is 2.58. The molecule has 0 aliphatic carbocycles. The van der Waals surface area contributed by atoms with Gasteiger partial charge in [0.1, 0.15) is 5.65 Å². The minimum absolute atomic E-state index is 0.0991. The molecule has 2 heterocycles.